The fourth-order valence-electron chi connectivity index (χ4n) is 1.24. The number of carbonyl (C=O) groups excluding carboxylic acids is 2. The van der Waals surface area contributed by atoms with E-state index in [1.165, 1.54) is 21.0 Å². The summed E-state index contributed by atoms with van der Waals surface area (Å²) < 4.78 is 5.00. The zero-order chi connectivity index (χ0) is 11.4. The third-order valence-electron chi connectivity index (χ3n) is 1.92. The summed E-state index contributed by atoms with van der Waals surface area (Å²) in [6.07, 6.45) is 0. The highest BCUT2D eigenvalue weighted by molar-refractivity contribution is 6.03. The largest absolute Gasteiger partial charge is 0.497 e. The first-order valence-corrected chi connectivity index (χ1v) is 4.51. The summed E-state index contributed by atoms with van der Waals surface area (Å²) >= 11 is 0. The highest BCUT2D eigenvalue weighted by atomic mass is 16.5. The van der Waals surface area contributed by atoms with Crippen LogP contribution in [-0.4, -0.2) is 18.8 Å². The van der Waals surface area contributed by atoms with E-state index in [1.807, 2.05) is 0 Å². The number of amides is 1. The number of ether oxygens (including phenoxy) is 1. The number of carbonyl (C=O) groups is 2. The van der Waals surface area contributed by atoms with Crippen LogP contribution in [0.2, 0.25) is 0 Å². The van der Waals surface area contributed by atoms with Crippen LogP contribution in [0, 0.1) is 0 Å². The van der Waals surface area contributed by atoms with Gasteiger partial charge in [0.05, 0.1) is 12.8 Å². The normalized spacial score (nSPS) is 9.53. The molecule has 0 fully saturated rings. The fourth-order valence-corrected chi connectivity index (χ4v) is 1.24. The molecule has 0 saturated heterocycles. The first-order chi connectivity index (χ1) is 7.04. The van der Waals surface area contributed by atoms with Crippen LogP contribution in [-0.2, 0) is 4.79 Å². The molecule has 15 heavy (non-hydrogen) atoms. The van der Waals surface area contributed by atoms with E-state index in [9.17, 15) is 9.59 Å². The Hall–Kier alpha value is -1.84. The molecule has 0 atom stereocenters. The van der Waals surface area contributed by atoms with Gasteiger partial charge in [0.25, 0.3) is 0 Å². The van der Waals surface area contributed by atoms with Gasteiger partial charge in [0, 0.05) is 12.5 Å². The van der Waals surface area contributed by atoms with E-state index in [0.717, 1.165) is 0 Å². The number of nitrogens with one attached hydrogen (secondary N) is 1. The molecular weight excluding hydrogens is 194 g/mol. The van der Waals surface area contributed by atoms with Crippen LogP contribution in [0.25, 0.3) is 0 Å². The SMILES string of the molecule is COc1ccc(NC(C)=O)c(C(C)=O)c1. The second kappa shape index (κ2) is 4.59. The third kappa shape index (κ3) is 2.80. The van der Waals surface area contributed by atoms with Crippen LogP contribution >= 0.6 is 0 Å². The smallest absolute Gasteiger partial charge is 0.221 e. The van der Waals surface area contributed by atoms with Gasteiger partial charge in [-0.05, 0) is 25.1 Å². The maximum Gasteiger partial charge on any atom is 0.221 e. The molecule has 0 aliphatic carbocycles. The monoisotopic (exact) mass is 207 g/mol. The summed E-state index contributed by atoms with van der Waals surface area (Å²) in [4.78, 5) is 22.2. The number of methoxy groups -OCH3 is 1. The molecule has 0 unspecified atom stereocenters. The van der Waals surface area contributed by atoms with Gasteiger partial charge in [0.1, 0.15) is 5.75 Å². The first kappa shape index (κ1) is 11.2. The van der Waals surface area contributed by atoms with Crippen LogP contribution in [0.4, 0.5) is 5.69 Å². The zero-order valence-corrected chi connectivity index (χ0v) is 8.96. The Morgan fingerprint density at radius 3 is 2.40 bits per heavy atom. The third-order valence-corrected chi connectivity index (χ3v) is 1.92. The van der Waals surface area contributed by atoms with Crippen LogP contribution in [0.15, 0.2) is 18.2 Å². The summed E-state index contributed by atoms with van der Waals surface area (Å²) in [7, 11) is 1.53. The topological polar surface area (TPSA) is 55.4 Å². The Labute approximate surface area is 88.2 Å². The number of hydrogen-bond acceptors (Lipinski definition) is 3. The molecular formula is C11H13NO3. The Morgan fingerprint density at radius 2 is 1.93 bits per heavy atom. The molecule has 0 radical (unpaired) electrons. The predicted molar refractivity (Wildman–Crippen MR) is 57.3 cm³/mol. The van der Waals surface area contributed by atoms with Crippen LogP contribution in [0.3, 0.4) is 0 Å². The van der Waals surface area contributed by atoms with Crippen molar-refractivity contribution in [1.29, 1.82) is 0 Å². The predicted octanol–water partition coefficient (Wildman–Crippen LogP) is 1.86. The number of anilines is 1. The highest BCUT2D eigenvalue weighted by Crippen LogP contribution is 2.22. The molecule has 0 aromatic heterocycles. The van der Waals surface area contributed by atoms with E-state index in [1.54, 1.807) is 18.2 Å². The summed E-state index contributed by atoms with van der Waals surface area (Å²) in [5.41, 5.74) is 0.959. The van der Waals surface area contributed by atoms with Gasteiger partial charge in [-0.3, -0.25) is 9.59 Å². The second-order valence-electron chi connectivity index (χ2n) is 3.15. The maximum absolute atomic E-state index is 11.3. The lowest BCUT2D eigenvalue weighted by atomic mass is 10.1. The van der Waals surface area contributed by atoms with Gasteiger partial charge in [0.15, 0.2) is 5.78 Å². The van der Waals surface area contributed by atoms with Gasteiger partial charge in [-0.25, -0.2) is 0 Å². The zero-order valence-electron chi connectivity index (χ0n) is 8.96. The summed E-state index contributed by atoms with van der Waals surface area (Å²) in [6.45, 7) is 2.84. The first-order valence-electron chi connectivity index (χ1n) is 4.51. The lowest BCUT2D eigenvalue weighted by Crippen LogP contribution is -2.09. The molecule has 0 saturated carbocycles. The van der Waals surface area contributed by atoms with E-state index in [0.29, 0.717) is 17.0 Å². The quantitative estimate of drug-likeness (QED) is 0.769. The molecule has 0 aliphatic heterocycles. The van der Waals surface area contributed by atoms with Gasteiger partial charge < -0.3 is 10.1 Å². The average Bonchev–Trinajstić information content (AvgIpc) is 2.17. The van der Waals surface area contributed by atoms with E-state index in [-0.39, 0.29) is 11.7 Å². The van der Waals surface area contributed by atoms with Crippen molar-refractivity contribution in [3.8, 4) is 5.75 Å². The second-order valence-corrected chi connectivity index (χ2v) is 3.15. The minimum Gasteiger partial charge on any atom is -0.497 e. The van der Waals surface area contributed by atoms with Crippen LogP contribution in [0.1, 0.15) is 24.2 Å². The Bertz CT molecular complexity index is 399. The van der Waals surface area contributed by atoms with Crippen LogP contribution < -0.4 is 10.1 Å². The van der Waals surface area contributed by atoms with Crippen molar-refractivity contribution in [2.24, 2.45) is 0 Å². The van der Waals surface area contributed by atoms with Gasteiger partial charge in [-0.1, -0.05) is 0 Å². The lowest BCUT2D eigenvalue weighted by Gasteiger charge is -2.09. The van der Waals surface area contributed by atoms with E-state index < -0.39 is 0 Å². The molecule has 1 rings (SSSR count). The maximum atomic E-state index is 11.3. The summed E-state index contributed by atoms with van der Waals surface area (Å²) in [5.74, 6) is 0.273. The van der Waals surface area contributed by atoms with Crippen molar-refractivity contribution in [3.05, 3.63) is 23.8 Å². The standard InChI is InChI=1S/C11H13NO3/c1-7(13)10-6-9(15-3)4-5-11(10)12-8(2)14/h4-6H,1-3H3,(H,12,14). The summed E-state index contributed by atoms with van der Waals surface area (Å²) in [6, 6.07) is 4.95. The van der Waals surface area contributed by atoms with Gasteiger partial charge in [-0.2, -0.15) is 0 Å². The van der Waals surface area contributed by atoms with Gasteiger partial charge in [0.2, 0.25) is 5.91 Å². The van der Waals surface area contributed by atoms with Gasteiger partial charge >= 0.3 is 0 Å². The molecule has 80 valence electrons. The molecule has 4 heteroatoms. The molecule has 0 aliphatic rings. The number of ketones is 1. The lowest BCUT2D eigenvalue weighted by molar-refractivity contribution is -0.114. The van der Waals surface area contributed by atoms with Crippen molar-refractivity contribution >= 4 is 17.4 Å². The molecule has 0 bridgehead atoms. The van der Waals surface area contributed by atoms with Crippen molar-refractivity contribution in [1.82, 2.24) is 0 Å². The Kier molecular flexibility index (Phi) is 3.44. The van der Waals surface area contributed by atoms with Crippen molar-refractivity contribution in [3.63, 3.8) is 0 Å². The van der Waals surface area contributed by atoms with E-state index >= 15 is 0 Å². The Morgan fingerprint density at radius 1 is 1.27 bits per heavy atom. The number of rotatable bonds is 3. The van der Waals surface area contributed by atoms with E-state index in [4.69, 9.17) is 4.74 Å². The minimum absolute atomic E-state index is 0.113. The molecule has 1 aromatic carbocycles. The van der Waals surface area contributed by atoms with Crippen molar-refractivity contribution < 1.29 is 14.3 Å². The number of Topliss-reactive ketones (excluding diaryl/α,β-unsaturated/α-hetero) is 1. The molecule has 1 N–H and O–H groups in total. The van der Waals surface area contributed by atoms with Crippen molar-refractivity contribution in [2.75, 3.05) is 12.4 Å². The van der Waals surface area contributed by atoms with Gasteiger partial charge in [-0.15, -0.1) is 0 Å². The van der Waals surface area contributed by atoms with Crippen LogP contribution in [0.5, 0.6) is 5.75 Å². The molecule has 4 nitrogen and oxygen atoms in total. The minimum atomic E-state index is -0.206. The molecule has 0 heterocycles. The summed E-state index contributed by atoms with van der Waals surface area (Å²) in [5, 5.41) is 2.59. The molecule has 1 aromatic rings. The number of benzene rings is 1. The average molecular weight is 207 g/mol. The number of hydrogen-bond donors (Lipinski definition) is 1. The molecule has 0 spiro atoms. The van der Waals surface area contributed by atoms with E-state index in [2.05, 4.69) is 5.32 Å². The fraction of sp³-hybridized carbons (Fsp3) is 0.273. The highest BCUT2D eigenvalue weighted by Gasteiger charge is 2.09. The Balaban J connectivity index is 3.15. The molecule has 1 amide bonds. The van der Waals surface area contributed by atoms with Crippen molar-refractivity contribution in [2.45, 2.75) is 13.8 Å².